The highest BCUT2D eigenvalue weighted by Gasteiger charge is 2.49. The van der Waals surface area contributed by atoms with Crippen LogP contribution in [0.2, 0.25) is 5.04 Å². The van der Waals surface area contributed by atoms with Gasteiger partial charge >= 0.3 is 12.1 Å². The zero-order valence-corrected chi connectivity index (χ0v) is 25.8. The number of amides is 1. The van der Waals surface area contributed by atoms with Crippen LogP contribution in [0.5, 0.6) is 0 Å². The fraction of sp³-hybridized carbons (Fsp3) is 0.448. The van der Waals surface area contributed by atoms with Crippen molar-refractivity contribution in [3.05, 3.63) is 71.2 Å². The third-order valence-electron chi connectivity index (χ3n) is 5.55. The summed E-state index contributed by atoms with van der Waals surface area (Å²) in [6.07, 6.45) is 1.20. The summed E-state index contributed by atoms with van der Waals surface area (Å²) in [4.78, 5) is 24.0. The van der Waals surface area contributed by atoms with Gasteiger partial charge in [0.05, 0.1) is 19.8 Å². The van der Waals surface area contributed by atoms with E-state index in [0.717, 1.165) is 0 Å². The molecule has 0 unspecified atom stereocenters. The summed E-state index contributed by atoms with van der Waals surface area (Å²) in [5.74, 6) is -0.494. The maximum atomic E-state index is 12.4. The van der Waals surface area contributed by atoms with Crippen LogP contribution in [0.1, 0.15) is 41.5 Å². The number of halogens is 1. The zero-order chi connectivity index (χ0) is 28.2. The van der Waals surface area contributed by atoms with Gasteiger partial charge in [-0.3, -0.25) is 0 Å². The summed E-state index contributed by atoms with van der Waals surface area (Å²) in [7, 11) is -2.69. The SMILES string of the molecule is CC(C)(C)OC(=O)NCCOCCOC(=O)C(Br)=CCO[Si](c1ccccc1)(c1ccccc1)C(C)(C)C. The Morgan fingerprint density at radius 2 is 1.42 bits per heavy atom. The van der Waals surface area contributed by atoms with Gasteiger partial charge in [-0.15, -0.1) is 0 Å². The van der Waals surface area contributed by atoms with Gasteiger partial charge in [0.25, 0.3) is 8.32 Å². The smallest absolute Gasteiger partial charge is 0.407 e. The zero-order valence-electron chi connectivity index (χ0n) is 23.2. The Labute approximate surface area is 236 Å². The number of ether oxygens (including phenoxy) is 3. The molecule has 38 heavy (non-hydrogen) atoms. The van der Waals surface area contributed by atoms with Crippen LogP contribution in [0.4, 0.5) is 4.79 Å². The van der Waals surface area contributed by atoms with Crippen LogP contribution in [0.15, 0.2) is 71.2 Å². The Kier molecular flexibility index (Phi) is 12.2. The molecule has 0 heterocycles. The van der Waals surface area contributed by atoms with Crippen LogP contribution in [-0.4, -0.2) is 59.0 Å². The lowest BCUT2D eigenvalue weighted by molar-refractivity contribution is -0.139. The highest BCUT2D eigenvalue weighted by molar-refractivity contribution is 9.12. The molecule has 0 fully saturated rings. The molecule has 0 bridgehead atoms. The van der Waals surface area contributed by atoms with Gasteiger partial charge in [-0.1, -0.05) is 81.4 Å². The minimum absolute atomic E-state index is 0.0871. The summed E-state index contributed by atoms with van der Waals surface area (Å²) >= 11 is 3.33. The maximum Gasteiger partial charge on any atom is 0.407 e. The predicted molar refractivity (Wildman–Crippen MR) is 157 cm³/mol. The van der Waals surface area contributed by atoms with Crippen LogP contribution in [0.3, 0.4) is 0 Å². The van der Waals surface area contributed by atoms with E-state index in [1.54, 1.807) is 26.8 Å². The van der Waals surface area contributed by atoms with Gasteiger partial charge in [0.2, 0.25) is 0 Å². The first-order valence-corrected chi connectivity index (χ1v) is 15.4. The number of nitrogens with one attached hydrogen (secondary N) is 1. The molecule has 2 rings (SSSR count). The highest BCUT2D eigenvalue weighted by Crippen LogP contribution is 2.36. The lowest BCUT2D eigenvalue weighted by Gasteiger charge is -2.42. The normalized spacial score (nSPS) is 12.7. The molecule has 7 nitrogen and oxygen atoms in total. The number of hydrogen-bond acceptors (Lipinski definition) is 6. The van der Waals surface area contributed by atoms with E-state index in [1.165, 1.54) is 10.4 Å². The molecule has 1 amide bonds. The van der Waals surface area contributed by atoms with Crippen molar-refractivity contribution in [3.63, 3.8) is 0 Å². The van der Waals surface area contributed by atoms with Crippen molar-refractivity contribution < 1.29 is 28.2 Å². The van der Waals surface area contributed by atoms with E-state index < -0.39 is 26.0 Å². The molecule has 2 aromatic rings. The second-order valence-electron chi connectivity index (χ2n) is 10.7. The number of carbonyl (C=O) groups excluding carboxylic acids is 2. The van der Waals surface area contributed by atoms with E-state index in [9.17, 15) is 9.59 Å². The first-order chi connectivity index (χ1) is 17.9. The van der Waals surface area contributed by atoms with Crippen LogP contribution in [0, 0.1) is 0 Å². The lowest BCUT2D eigenvalue weighted by Crippen LogP contribution is -2.66. The van der Waals surface area contributed by atoms with Crippen LogP contribution in [-0.2, 0) is 23.4 Å². The van der Waals surface area contributed by atoms with Gasteiger partial charge in [0.1, 0.15) is 16.7 Å². The first kappa shape index (κ1) is 31.8. The van der Waals surface area contributed by atoms with E-state index >= 15 is 0 Å². The summed E-state index contributed by atoms with van der Waals surface area (Å²) in [5.41, 5.74) is -0.551. The third kappa shape index (κ3) is 9.69. The molecule has 0 saturated carbocycles. The standard InChI is InChI=1S/C29H40BrNO6Si/c1-28(2,3)37-27(33)31-18-20-34-21-22-35-26(32)25(30)17-19-36-38(29(4,5)6,23-13-9-7-10-14-23)24-15-11-8-12-16-24/h7-17H,18-22H2,1-6H3,(H,31,33). The molecule has 0 aromatic heterocycles. The molecule has 2 aromatic carbocycles. The molecule has 9 heteroatoms. The second-order valence-corrected chi connectivity index (χ2v) is 15.9. The molecule has 0 saturated heterocycles. The topological polar surface area (TPSA) is 83.1 Å². The fourth-order valence-corrected chi connectivity index (χ4v) is 8.72. The Balaban J connectivity index is 1.91. The Hall–Kier alpha value is -2.46. The number of alkyl carbamates (subject to hydrolysis) is 1. The molecule has 0 radical (unpaired) electrons. The number of hydrogen-bond donors (Lipinski definition) is 1. The first-order valence-electron chi connectivity index (χ1n) is 12.7. The van der Waals surface area contributed by atoms with Crippen LogP contribution in [0.25, 0.3) is 0 Å². The summed E-state index contributed by atoms with van der Waals surface area (Å²) < 4.78 is 22.9. The molecule has 0 aliphatic rings. The Morgan fingerprint density at radius 1 is 0.868 bits per heavy atom. The lowest BCUT2D eigenvalue weighted by atomic mass is 10.2. The molecule has 0 aliphatic carbocycles. The van der Waals surface area contributed by atoms with E-state index in [-0.39, 0.29) is 31.5 Å². The molecule has 1 N–H and O–H groups in total. The minimum atomic E-state index is -2.69. The molecular formula is C29H40BrNO6Si. The van der Waals surface area contributed by atoms with Gasteiger partial charge in [0, 0.05) is 6.54 Å². The second kappa shape index (κ2) is 14.6. The van der Waals surface area contributed by atoms with Crippen molar-refractivity contribution in [1.29, 1.82) is 0 Å². The summed E-state index contributed by atoms with van der Waals surface area (Å²) in [5, 5.41) is 4.79. The van der Waals surface area contributed by atoms with Crippen molar-refractivity contribution in [3.8, 4) is 0 Å². The molecule has 208 valence electrons. The Bertz CT molecular complexity index is 1010. The number of benzene rings is 2. The van der Waals surface area contributed by atoms with Crippen molar-refractivity contribution in [1.82, 2.24) is 5.32 Å². The summed E-state index contributed by atoms with van der Waals surface area (Å²) in [6, 6.07) is 20.7. The molecule has 0 atom stereocenters. The van der Waals surface area contributed by atoms with Gasteiger partial charge < -0.3 is 24.0 Å². The van der Waals surface area contributed by atoms with E-state index in [2.05, 4.69) is 66.3 Å². The average molecular weight is 607 g/mol. The van der Waals surface area contributed by atoms with Gasteiger partial charge in [-0.2, -0.15) is 0 Å². The van der Waals surface area contributed by atoms with Gasteiger partial charge in [0.15, 0.2) is 0 Å². The minimum Gasteiger partial charge on any atom is -0.459 e. The number of rotatable bonds is 12. The van der Waals surface area contributed by atoms with E-state index in [0.29, 0.717) is 11.0 Å². The number of carbonyl (C=O) groups is 2. The van der Waals surface area contributed by atoms with Crippen molar-refractivity contribution >= 4 is 46.7 Å². The van der Waals surface area contributed by atoms with E-state index in [1.807, 2.05) is 36.4 Å². The molecule has 0 aliphatic heterocycles. The van der Waals surface area contributed by atoms with Crippen molar-refractivity contribution in [2.75, 3.05) is 33.0 Å². The largest absolute Gasteiger partial charge is 0.459 e. The van der Waals surface area contributed by atoms with Crippen LogP contribution >= 0.6 is 15.9 Å². The molecule has 0 spiro atoms. The number of esters is 1. The predicted octanol–water partition coefficient (Wildman–Crippen LogP) is 4.93. The van der Waals surface area contributed by atoms with Crippen molar-refractivity contribution in [2.24, 2.45) is 0 Å². The fourth-order valence-electron chi connectivity index (χ4n) is 3.99. The van der Waals surface area contributed by atoms with Gasteiger partial charge in [-0.05, 0) is 58.2 Å². The highest BCUT2D eigenvalue weighted by atomic mass is 79.9. The molecular weight excluding hydrogens is 566 g/mol. The maximum absolute atomic E-state index is 12.4. The van der Waals surface area contributed by atoms with Gasteiger partial charge in [-0.25, -0.2) is 9.59 Å². The van der Waals surface area contributed by atoms with Crippen molar-refractivity contribution in [2.45, 2.75) is 52.2 Å². The van der Waals surface area contributed by atoms with Crippen LogP contribution < -0.4 is 15.7 Å². The summed E-state index contributed by atoms with van der Waals surface area (Å²) in [6.45, 7) is 13.1. The average Bonchev–Trinajstić information content (AvgIpc) is 2.85. The Morgan fingerprint density at radius 3 is 1.92 bits per heavy atom. The monoisotopic (exact) mass is 605 g/mol. The third-order valence-corrected chi connectivity index (χ3v) is 11.2. The quantitative estimate of drug-likeness (QED) is 0.160. The van der Waals surface area contributed by atoms with E-state index in [4.69, 9.17) is 18.6 Å².